The topological polar surface area (TPSA) is 58.4 Å². The van der Waals surface area contributed by atoms with Crippen LogP contribution in [-0.4, -0.2) is 37.9 Å². The van der Waals surface area contributed by atoms with Crippen LogP contribution in [0.15, 0.2) is 23.5 Å². The van der Waals surface area contributed by atoms with Crippen molar-refractivity contribution in [2.75, 3.05) is 20.6 Å². The molecule has 3 N–H and O–H groups in total. The zero-order valence-electron chi connectivity index (χ0n) is 9.95. The molecule has 0 aliphatic carbocycles. The van der Waals surface area contributed by atoms with E-state index in [1.165, 1.54) is 12.5 Å². The van der Waals surface area contributed by atoms with Gasteiger partial charge in [0.2, 0.25) is 0 Å². The van der Waals surface area contributed by atoms with Crippen molar-refractivity contribution in [2.24, 2.45) is 5.73 Å². The zero-order valence-corrected chi connectivity index (χ0v) is 9.95. The molecular weight excluding hydrogens is 190 g/mol. The van der Waals surface area contributed by atoms with Gasteiger partial charge in [-0.2, -0.15) is 0 Å². The Morgan fingerprint density at radius 2 is 2.20 bits per heavy atom. The number of carbonyl (C=O) groups is 1. The maximum absolute atomic E-state index is 8.81. The molecule has 0 radical (unpaired) electrons. The largest absolute Gasteiger partial charge is 0.375 e. The average molecular weight is 211 g/mol. The molecule has 0 aromatic carbocycles. The third-order valence-corrected chi connectivity index (χ3v) is 2.10. The minimum Gasteiger partial charge on any atom is -0.375 e. The second-order valence-corrected chi connectivity index (χ2v) is 3.39. The van der Waals surface area contributed by atoms with Crippen LogP contribution in [0.2, 0.25) is 0 Å². The molecule has 1 atom stereocenters. The molecular formula is C11H21N3O. The van der Waals surface area contributed by atoms with Crippen LogP contribution in [0.5, 0.6) is 0 Å². The first kappa shape index (κ1) is 13.7. The fourth-order valence-electron chi connectivity index (χ4n) is 1.25. The smallest absolute Gasteiger partial charge is 0.116 e. The molecule has 1 heterocycles. The third kappa shape index (κ3) is 4.65. The van der Waals surface area contributed by atoms with Crippen molar-refractivity contribution in [2.45, 2.75) is 19.9 Å². The van der Waals surface area contributed by atoms with Gasteiger partial charge < -0.3 is 20.7 Å². The molecule has 0 amide bonds. The summed E-state index contributed by atoms with van der Waals surface area (Å²) in [5.74, 6) is 1.13. The lowest BCUT2D eigenvalue weighted by Gasteiger charge is -2.26. The van der Waals surface area contributed by atoms with Crippen LogP contribution in [0.3, 0.4) is 0 Å². The maximum Gasteiger partial charge on any atom is 0.116 e. The van der Waals surface area contributed by atoms with E-state index >= 15 is 0 Å². The molecule has 0 fully saturated rings. The van der Waals surface area contributed by atoms with Crippen LogP contribution in [0.1, 0.15) is 13.8 Å². The molecule has 0 bridgehead atoms. The van der Waals surface area contributed by atoms with Gasteiger partial charge in [-0.15, -0.1) is 0 Å². The van der Waals surface area contributed by atoms with Crippen LogP contribution in [0, 0.1) is 0 Å². The minimum absolute atomic E-state index is 0.127. The van der Waals surface area contributed by atoms with E-state index in [0.29, 0.717) is 0 Å². The Kier molecular flexibility index (Phi) is 6.45. The Bertz CT molecular complexity index is 257. The van der Waals surface area contributed by atoms with Crippen molar-refractivity contribution in [1.29, 1.82) is 0 Å². The molecule has 4 heteroatoms. The number of hydrogen-bond acceptors (Lipinski definition) is 4. The Hall–Kier alpha value is -1.29. The molecule has 1 aliphatic heterocycles. The van der Waals surface area contributed by atoms with Gasteiger partial charge in [0, 0.05) is 26.7 Å². The zero-order chi connectivity index (χ0) is 11.8. The van der Waals surface area contributed by atoms with Crippen molar-refractivity contribution < 1.29 is 4.79 Å². The van der Waals surface area contributed by atoms with E-state index in [1.807, 2.05) is 14.0 Å². The van der Waals surface area contributed by atoms with Crippen LogP contribution >= 0.6 is 0 Å². The third-order valence-electron chi connectivity index (χ3n) is 2.10. The van der Waals surface area contributed by atoms with E-state index in [1.54, 1.807) is 0 Å². The highest BCUT2D eigenvalue weighted by Gasteiger charge is 2.10. The predicted octanol–water partition coefficient (Wildman–Crippen LogP) is 0.471. The number of rotatable bonds is 2. The Morgan fingerprint density at radius 1 is 1.67 bits per heavy atom. The number of nitrogens with two attached hydrogens (primary N) is 1. The van der Waals surface area contributed by atoms with Gasteiger partial charge in [-0.3, -0.25) is 0 Å². The number of nitrogens with zero attached hydrogens (tertiary/aromatic N) is 1. The fourth-order valence-corrected chi connectivity index (χ4v) is 1.25. The number of nitrogens with one attached hydrogen (secondary N) is 1. The number of carbonyl (C=O) groups excluding carboxylic acids is 1. The second-order valence-electron chi connectivity index (χ2n) is 3.39. The molecule has 0 saturated carbocycles. The molecule has 1 aliphatic rings. The summed E-state index contributed by atoms with van der Waals surface area (Å²) in [6.07, 6.45) is 5.00. The lowest BCUT2D eigenvalue weighted by Crippen LogP contribution is -2.31. The van der Waals surface area contributed by atoms with Crippen molar-refractivity contribution >= 4 is 6.29 Å². The highest BCUT2D eigenvalue weighted by atomic mass is 16.1. The average Bonchev–Trinajstić information content (AvgIpc) is 2.19. The fraction of sp³-hybridized carbons (Fsp3) is 0.545. The Balaban J connectivity index is 0.000000583. The van der Waals surface area contributed by atoms with E-state index in [0.717, 1.165) is 18.7 Å². The standard InChI is InChI=1S/C9H17N3.C2H4O/c1-7(10)8-4-5-12(3)9(6-8)11-2;1-2-3/h4,6-7,11H,5,10H2,1-3H3;2H,1H3. The van der Waals surface area contributed by atoms with Gasteiger partial charge in [0.05, 0.1) is 0 Å². The summed E-state index contributed by atoms with van der Waals surface area (Å²) in [5.41, 5.74) is 6.98. The summed E-state index contributed by atoms with van der Waals surface area (Å²) >= 11 is 0. The van der Waals surface area contributed by atoms with E-state index in [-0.39, 0.29) is 6.04 Å². The van der Waals surface area contributed by atoms with Crippen molar-refractivity contribution in [3.05, 3.63) is 23.5 Å². The molecule has 0 saturated heterocycles. The van der Waals surface area contributed by atoms with Gasteiger partial charge in [-0.05, 0) is 25.5 Å². The lowest BCUT2D eigenvalue weighted by molar-refractivity contribution is -0.106. The summed E-state index contributed by atoms with van der Waals surface area (Å²) in [4.78, 5) is 11.0. The molecule has 0 aromatic rings. The minimum atomic E-state index is 0.127. The summed E-state index contributed by atoms with van der Waals surface area (Å²) in [5, 5.41) is 3.13. The van der Waals surface area contributed by atoms with Gasteiger partial charge in [-0.25, -0.2) is 0 Å². The monoisotopic (exact) mass is 211 g/mol. The van der Waals surface area contributed by atoms with Gasteiger partial charge in [-0.1, -0.05) is 6.08 Å². The first-order chi connectivity index (χ1) is 7.06. The van der Waals surface area contributed by atoms with E-state index in [2.05, 4.69) is 29.4 Å². The summed E-state index contributed by atoms with van der Waals surface area (Å²) in [7, 11) is 3.98. The van der Waals surface area contributed by atoms with Crippen molar-refractivity contribution in [3.8, 4) is 0 Å². The van der Waals surface area contributed by atoms with Gasteiger partial charge >= 0.3 is 0 Å². The highest BCUT2D eigenvalue weighted by Crippen LogP contribution is 2.12. The predicted molar refractivity (Wildman–Crippen MR) is 63.2 cm³/mol. The van der Waals surface area contributed by atoms with Gasteiger partial charge in [0.1, 0.15) is 12.1 Å². The summed E-state index contributed by atoms with van der Waals surface area (Å²) in [6.45, 7) is 4.38. The molecule has 0 spiro atoms. The lowest BCUT2D eigenvalue weighted by atomic mass is 10.1. The summed E-state index contributed by atoms with van der Waals surface area (Å²) < 4.78 is 0. The first-order valence-corrected chi connectivity index (χ1v) is 5.02. The van der Waals surface area contributed by atoms with E-state index < -0.39 is 0 Å². The van der Waals surface area contributed by atoms with Crippen LogP contribution in [-0.2, 0) is 4.79 Å². The Labute approximate surface area is 91.8 Å². The quantitative estimate of drug-likeness (QED) is 0.652. The van der Waals surface area contributed by atoms with Crippen LogP contribution < -0.4 is 11.1 Å². The van der Waals surface area contributed by atoms with Crippen molar-refractivity contribution in [3.63, 3.8) is 0 Å². The Morgan fingerprint density at radius 3 is 2.60 bits per heavy atom. The molecule has 86 valence electrons. The van der Waals surface area contributed by atoms with Crippen LogP contribution in [0.4, 0.5) is 0 Å². The molecule has 1 rings (SSSR count). The normalized spacial score (nSPS) is 16.7. The number of aldehydes is 1. The number of likely N-dealkylation sites (N-methyl/N-ethyl adjacent to an activating group) is 1. The van der Waals surface area contributed by atoms with E-state index in [9.17, 15) is 0 Å². The van der Waals surface area contributed by atoms with E-state index in [4.69, 9.17) is 10.5 Å². The molecule has 1 unspecified atom stereocenters. The SMILES string of the molecule is CC=O.CNC1=CC(C(C)N)=CCN1C. The molecule has 15 heavy (non-hydrogen) atoms. The second kappa shape index (κ2) is 7.06. The molecule has 0 aromatic heterocycles. The number of hydrogen-bond donors (Lipinski definition) is 2. The van der Waals surface area contributed by atoms with Gasteiger partial charge in [0.15, 0.2) is 0 Å². The maximum atomic E-state index is 8.81. The summed E-state index contributed by atoms with van der Waals surface area (Å²) in [6, 6.07) is 0.127. The van der Waals surface area contributed by atoms with Gasteiger partial charge in [0.25, 0.3) is 0 Å². The van der Waals surface area contributed by atoms with Crippen molar-refractivity contribution in [1.82, 2.24) is 10.2 Å². The highest BCUT2D eigenvalue weighted by molar-refractivity contribution is 5.44. The van der Waals surface area contributed by atoms with Crippen LogP contribution in [0.25, 0.3) is 0 Å². The first-order valence-electron chi connectivity index (χ1n) is 5.02. The molecule has 4 nitrogen and oxygen atoms in total.